The van der Waals surface area contributed by atoms with Crippen molar-refractivity contribution in [3.63, 3.8) is 0 Å². The van der Waals surface area contributed by atoms with Gasteiger partial charge in [0, 0.05) is 11.1 Å². The molecule has 7 heteroatoms. The molecule has 0 atom stereocenters. The zero-order valence-corrected chi connectivity index (χ0v) is 11.5. The summed E-state index contributed by atoms with van der Waals surface area (Å²) in [5.74, 6) is 1.13. The van der Waals surface area contributed by atoms with Gasteiger partial charge in [-0.25, -0.2) is 4.39 Å². The summed E-state index contributed by atoms with van der Waals surface area (Å²) >= 11 is 1.49. The van der Waals surface area contributed by atoms with Crippen molar-refractivity contribution in [1.29, 1.82) is 5.26 Å². The van der Waals surface area contributed by atoms with Gasteiger partial charge in [-0.3, -0.25) is 0 Å². The molecular formula is C14H9FN4OS. The molecule has 0 bridgehead atoms. The third-order valence-electron chi connectivity index (χ3n) is 2.69. The highest BCUT2D eigenvalue weighted by atomic mass is 32.2. The van der Waals surface area contributed by atoms with Gasteiger partial charge >= 0.3 is 0 Å². The summed E-state index contributed by atoms with van der Waals surface area (Å²) in [6.45, 7) is 0. The number of halogens is 1. The number of nitrogens with one attached hydrogen (secondary N) is 1. The highest BCUT2D eigenvalue weighted by Crippen LogP contribution is 2.23. The number of nitrogens with zero attached hydrogens (tertiary/aromatic N) is 3. The van der Waals surface area contributed by atoms with Crippen molar-refractivity contribution in [2.24, 2.45) is 0 Å². The lowest BCUT2D eigenvalue weighted by atomic mass is 10.3. The minimum Gasteiger partial charge on any atom is -0.356 e. The predicted molar refractivity (Wildman–Crippen MR) is 74.8 cm³/mol. The van der Waals surface area contributed by atoms with Crippen molar-refractivity contribution >= 4 is 11.8 Å². The quantitative estimate of drug-likeness (QED) is 0.747. The molecule has 0 aliphatic rings. The molecule has 0 saturated carbocycles. The number of hydrogen-bond acceptors (Lipinski definition) is 5. The first kappa shape index (κ1) is 13.4. The monoisotopic (exact) mass is 300 g/mol. The maximum atomic E-state index is 12.8. The lowest BCUT2D eigenvalue weighted by Gasteiger charge is -1.97. The summed E-state index contributed by atoms with van der Waals surface area (Å²) in [6.07, 6.45) is 1.58. The minimum absolute atomic E-state index is 0.263. The molecule has 2 aromatic heterocycles. The van der Waals surface area contributed by atoms with Gasteiger partial charge in [-0.05, 0) is 30.3 Å². The van der Waals surface area contributed by atoms with Gasteiger partial charge in [-0.15, -0.1) is 11.8 Å². The molecule has 3 rings (SSSR count). The number of nitriles is 1. The Morgan fingerprint density at radius 1 is 1.33 bits per heavy atom. The molecule has 3 aromatic rings. The summed E-state index contributed by atoms with van der Waals surface area (Å²) in [7, 11) is 0. The molecule has 104 valence electrons. The van der Waals surface area contributed by atoms with Crippen molar-refractivity contribution in [3.05, 3.63) is 53.7 Å². The van der Waals surface area contributed by atoms with Crippen LogP contribution in [0.5, 0.6) is 0 Å². The van der Waals surface area contributed by atoms with E-state index in [1.807, 2.05) is 6.07 Å². The van der Waals surface area contributed by atoms with E-state index in [2.05, 4.69) is 15.1 Å². The Balaban J connectivity index is 1.68. The van der Waals surface area contributed by atoms with E-state index in [9.17, 15) is 4.39 Å². The lowest BCUT2D eigenvalue weighted by molar-refractivity contribution is 0.424. The van der Waals surface area contributed by atoms with Crippen molar-refractivity contribution < 1.29 is 8.91 Å². The molecule has 0 fully saturated rings. The van der Waals surface area contributed by atoms with E-state index < -0.39 is 0 Å². The Kier molecular flexibility index (Phi) is 3.71. The second-order valence-corrected chi connectivity index (χ2v) is 5.22. The fourth-order valence-electron chi connectivity index (χ4n) is 1.68. The lowest BCUT2D eigenvalue weighted by Crippen LogP contribution is -1.84. The second kappa shape index (κ2) is 5.81. The Labute approximate surface area is 123 Å². The number of hydrogen-bond donors (Lipinski definition) is 1. The fraction of sp³-hybridized carbons (Fsp3) is 0.0714. The highest BCUT2D eigenvalue weighted by Gasteiger charge is 2.11. The average Bonchev–Trinajstić information content (AvgIpc) is 3.15. The van der Waals surface area contributed by atoms with E-state index in [1.165, 1.54) is 23.9 Å². The molecule has 0 unspecified atom stereocenters. The molecule has 1 N–H and O–H groups in total. The fourth-order valence-corrected chi connectivity index (χ4v) is 2.42. The smallest absolute Gasteiger partial charge is 0.274 e. The van der Waals surface area contributed by atoms with Crippen LogP contribution in [0.4, 0.5) is 4.39 Å². The molecular weight excluding hydrogens is 291 g/mol. The summed E-state index contributed by atoms with van der Waals surface area (Å²) in [4.78, 5) is 8.07. The molecule has 5 nitrogen and oxygen atoms in total. The zero-order valence-electron chi connectivity index (χ0n) is 10.7. The van der Waals surface area contributed by atoms with Gasteiger partial charge < -0.3 is 9.51 Å². The Bertz CT molecular complexity index is 788. The van der Waals surface area contributed by atoms with Crippen molar-refractivity contribution in [1.82, 2.24) is 15.1 Å². The van der Waals surface area contributed by atoms with E-state index in [1.54, 1.807) is 24.4 Å². The van der Waals surface area contributed by atoms with Crippen LogP contribution in [0.25, 0.3) is 11.6 Å². The average molecular weight is 300 g/mol. The van der Waals surface area contributed by atoms with Gasteiger partial charge in [0.15, 0.2) is 5.82 Å². The minimum atomic E-state index is -0.263. The summed E-state index contributed by atoms with van der Waals surface area (Å²) in [6, 6.07) is 9.88. The van der Waals surface area contributed by atoms with Gasteiger partial charge in [0.25, 0.3) is 5.89 Å². The summed E-state index contributed by atoms with van der Waals surface area (Å²) < 4.78 is 17.9. The number of benzene rings is 1. The van der Waals surface area contributed by atoms with Gasteiger partial charge in [0.05, 0.1) is 11.3 Å². The van der Waals surface area contributed by atoms with Crippen LogP contribution in [-0.4, -0.2) is 15.1 Å². The van der Waals surface area contributed by atoms with E-state index >= 15 is 0 Å². The van der Waals surface area contributed by atoms with E-state index in [0.717, 1.165) is 4.90 Å². The molecule has 21 heavy (non-hydrogen) atoms. The first-order valence-corrected chi connectivity index (χ1v) is 7.03. The van der Waals surface area contributed by atoms with Crippen LogP contribution in [0.1, 0.15) is 11.4 Å². The molecule has 0 aliphatic heterocycles. The number of aromatic amines is 1. The van der Waals surface area contributed by atoms with Crippen LogP contribution in [0.3, 0.4) is 0 Å². The zero-order chi connectivity index (χ0) is 14.7. The van der Waals surface area contributed by atoms with Gasteiger partial charge in [-0.2, -0.15) is 10.2 Å². The summed E-state index contributed by atoms with van der Waals surface area (Å²) in [5.41, 5.74) is 1.11. The van der Waals surface area contributed by atoms with Crippen LogP contribution in [0.15, 0.2) is 45.9 Å². The topological polar surface area (TPSA) is 78.5 Å². The number of thioether (sulfide) groups is 1. The maximum absolute atomic E-state index is 12.8. The standard InChI is InChI=1S/C14H9FN4OS/c15-10-1-3-11(4-2-10)21-8-13-18-14(20-19-13)12-5-9(6-16)7-17-12/h1-5,7,17H,8H2. The van der Waals surface area contributed by atoms with Crippen LogP contribution >= 0.6 is 11.8 Å². The SMILES string of the molecule is N#Cc1c[nH]c(-c2nc(CSc3ccc(F)cc3)no2)c1. The van der Waals surface area contributed by atoms with Gasteiger partial charge in [-0.1, -0.05) is 5.16 Å². The Morgan fingerprint density at radius 2 is 2.14 bits per heavy atom. The Morgan fingerprint density at radius 3 is 2.86 bits per heavy atom. The first-order chi connectivity index (χ1) is 10.2. The first-order valence-electron chi connectivity index (χ1n) is 6.04. The van der Waals surface area contributed by atoms with E-state index in [4.69, 9.17) is 9.78 Å². The Hall–Kier alpha value is -2.59. The van der Waals surface area contributed by atoms with Crippen LogP contribution in [0, 0.1) is 17.1 Å². The summed E-state index contributed by atoms with van der Waals surface area (Å²) in [5, 5.41) is 12.6. The number of aromatic nitrogens is 3. The van der Waals surface area contributed by atoms with Crippen molar-refractivity contribution in [2.45, 2.75) is 10.6 Å². The normalized spacial score (nSPS) is 10.5. The largest absolute Gasteiger partial charge is 0.356 e. The van der Waals surface area contributed by atoms with Crippen LogP contribution < -0.4 is 0 Å². The predicted octanol–water partition coefficient (Wildman–Crippen LogP) is 3.37. The number of rotatable bonds is 4. The van der Waals surface area contributed by atoms with Gasteiger partial charge in [0.1, 0.15) is 17.6 Å². The van der Waals surface area contributed by atoms with E-state index in [-0.39, 0.29) is 5.82 Å². The molecule has 0 aliphatic carbocycles. The van der Waals surface area contributed by atoms with Crippen LogP contribution in [-0.2, 0) is 5.75 Å². The third kappa shape index (κ3) is 3.12. The third-order valence-corrected chi connectivity index (χ3v) is 3.70. The van der Waals surface area contributed by atoms with Crippen LogP contribution in [0.2, 0.25) is 0 Å². The molecule has 0 amide bonds. The number of H-pyrrole nitrogens is 1. The molecule has 2 heterocycles. The van der Waals surface area contributed by atoms with E-state index in [0.29, 0.717) is 28.7 Å². The van der Waals surface area contributed by atoms with Crippen molar-refractivity contribution in [3.8, 4) is 17.7 Å². The molecule has 0 spiro atoms. The molecule has 0 saturated heterocycles. The van der Waals surface area contributed by atoms with Crippen molar-refractivity contribution in [2.75, 3.05) is 0 Å². The second-order valence-electron chi connectivity index (χ2n) is 4.17. The molecule has 1 aromatic carbocycles. The molecule has 0 radical (unpaired) electrons. The maximum Gasteiger partial charge on any atom is 0.274 e. The highest BCUT2D eigenvalue weighted by molar-refractivity contribution is 7.98. The van der Waals surface area contributed by atoms with Gasteiger partial charge in [0.2, 0.25) is 0 Å².